The first-order chi connectivity index (χ1) is 28.6. The van der Waals surface area contributed by atoms with Gasteiger partial charge >= 0.3 is 17.9 Å². The Morgan fingerprint density at radius 2 is 0.949 bits per heavy atom. The van der Waals surface area contributed by atoms with Crippen LogP contribution in [0, 0.1) is 0 Å². The molecule has 2 atom stereocenters. The average Bonchev–Trinajstić information content (AvgIpc) is 3.19. The van der Waals surface area contributed by atoms with E-state index in [1.807, 2.05) is 21.1 Å². The number of likely N-dealkylation sites (N-methyl/N-ethyl adjacent to an activating group) is 1. The SMILES string of the molecule is CC/C=C/C/C=C/CCCCCCCCCCCCCCCCC(=O)OC(COCCC(C(=O)O)[N+](C)(C)C)COC(=O)CCCCCCCCCCCCCCCC. The summed E-state index contributed by atoms with van der Waals surface area (Å²) in [5.41, 5.74) is 0. The molecule has 0 radical (unpaired) electrons. The second-order valence-electron chi connectivity index (χ2n) is 18.1. The maximum Gasteiger partial charge on any atom is 0.362 e. The van der Waals surface area contributed by atoms with E-state index in [9.17, 15) is 19.5 Å². The van der Waals surface area contributed by atoms with Crippen molar-refractivity contribution in [2.45, 2.75) is 244 Å². The Bertz CT molecular complexity index is 1020. The van der Waals surface area contributed by atoms with Crippen LogP contribution in [0.2, 0.25) is 0 Å². The molecule has 0 saturated heterocycles. The van der Waals surface area contributed by atoms with Crippen molar-refractivity contribution in [2.75, 3.05) is 41.0 Å². The number of allylic oxidation sites excluding steroid dienone is 4. The summed E-state index contributed by atoms with van der Waals surface area (Å²) in [5.74, 6) is -1.45. The van der Waals surface area contributed by atoms with Gasteiger partial charge in [0.05, 0.1) is 34.4 Å². The number of unbranched alkanes of at least 4 members (excludes halogenated alkanes) is 27. The zero-order chi connectivity index (χ0) is 43.5. The first-order valence-corrected chi connectivity index (χ1v) is 24.9. The molecule has 2 unspecified atom stereocenters. The van der Waals surface area contributed by atoms with Crippen LogP contribution in [-0.4, -0.2) is 80.6 Å². The van der Waals surface area contributed by atoms with Crippen molar-refractivity contribution in [1.29, 1.82) is 0 Å². The summed E-state index contributed by atoms with van der Waals surface area (Å²) in [5, 5.41) is 9.64. The Morgan fingerprint density at radius 3 is 1.39 bits per heavy atom. The molecule has 0 aliphatic rings. The number of ether oxygens (including phenoxy) is 3. The van der Waals surface area contributed by atoms with Gasteiger partial charge in [0.2, 0.25) is 0 Å². The van der Waals surface area contributed by atoms with E-state index >= 15 is 0 Å². The third kappa shape index (κ3) is 41.0. The average molecular weight is 835 g/mol. The van der Waals surface area contributed by atoms with Crippen LogP contribution in [0.1, 0.15) is 232 Å². The van der Waals surface area contributed by atoms with E-state index in [0.29, 0.717) is 19.3 Å². The van der Waals surface area contributed by atoms with Gasteiger partial charge < -0.3 is 23.8 Å². The number of hydrogen-bond donors (Lipinski definition) is 1. The molecule has 0 amide bonds. The summed E-state index contributed by atoms with van der Waals surface area (Å²) < 4.78 is 17.3. The first-order valence-electron chi connectivity index (χ1n) is 24.9. The fourth-order valence-electron chi connectivity index (χ4n) is 7.54. The number of rotatable bonds is 45. The van der Waals surface area contributed by atoms with E-state index in [-0.39, 0.29) is 36.2 Å². The van der Waals surface area contributed by atoms with Crippen LogP contribution in [0.15, 0.2) is 24.3 Å². The van der Waals surface area contributed by atoms with E-state index in [2.05, 4.69) is 38.2 Å². The van der Waals surface area contributed by atoms with Gasteiger partial charge in [-0.05, 0) is 38.5 Å². The zero-order valence-electron chi connectivity index (χ0n) is 39.5. The van der Waals surface area contributed by atoms with Crippen molar-refractivity contribution in [2.24, 2.45) is 0 Å². The zero-order valence-corrected chi connectivity index (χ0v) is 39.5. The normalized spacial score (nSPS) is 13.0. The van der Waals surface area contributed by atoms with Crippen LogP contribution in [0.4, 0.5) is 0 Å². The summed E-state index contributed by atoms with van der Waals surface area (Å²) in [4.78, 5) is 37.1. The highest BCUT2D eigenvalue weighted by Gasteiger charge is 2.31. The lowest BCUT2D eigenvalue weighted by atomic mass is 10.0. The summed E-state index contributed by atoms with van der Waals surface area (Å²) in [6, 6.07) is -0.611. The fraction of sp³-hybridized carbons (Fsp3) is 0.863. The Kier molecular flexibility index (Phi) is 40.9. The fourth-order valence-corrected chi connectivity index (χ4v) is 7.54. The van der Waals surface area contributed by atoms with Gasteiger partial charge in [0.1, 0.15) is 6.61 Å². The van der Waals surface area contributed by atoms with E-state index < -0.39 is 18.1 Å². The van der Waals surface area contributed by atoms with Crippen molar-refractivity contribution in [3.63, 3.8) is 0 Å². The number of esters is 2. The number of aliphatic carboxylic acids is 1. The molecule has 0 spiro atoms. The minimum Gasteiger partial charge on any atom is -0.477 e. The van der Waals surface area contributed by atoms with Crippen LogP contribution >= 0.6 is 0 Å². The molecule has 0 rings (SSSR count). The Labute approximate surface area is 364 Å². The lowest BCUT2D eigenvalue weighted by Gasteiger charge is -2.31. The van der Waals surface area contributed by atoms with Gasteiger partial charge in [0, 0.05) is 19.3 Å². The predicted molar refractivity (Wildman–Crippen MR) is 248 cm³/mol. The van der Waals surface area contributed by atoms with Gasteiger partial charge in [-0.2, -0.15) is 0 Å². The van der Waals surface area contributed by atoms with Crippen LogP contribution in [0.25, 0.3) is 0 Å². The Hall–Kier alpha value is -2.19. The van der Waals surface area contributed by atoms with E-state index in [1.54, 1.807) is 0 Å². The van der Waals surface area contributed by atoms with Crippen molar-refractivity contribution >= 4 is 17.9 Å². The number of carboxylic acid groups (broad SMARTS) is 1. The number of carbonyl (C=O) groups is 3. The number of hydrogen-bond acceptors (Lipinski definition) is 6. The first kappa shape index (κ1) is 56.8. The molecule has 0 aromatic carbocycles. The minimum absolute atomic E-state index is 0.0453. The predicted octanol–water partition coefficient (Wildman–Crippen LogP) is 14.0. The van der Waals surface area contributed by atoms with Crippen molar-refractivity contribution in [3.05, 3.63) is 24.3 Å². The van der Waals surface area contributed by atoms with Gasteiger partial charge in [-0.3, -0.25) is 9.59 Å². The quantitative estimate of drug-likeness (QED) is 0.0282. The van der Waals surface area contributed by atoms with Crippen molar-refractivity contribution < 1.29 is 38.2 Å². The molecular formula is C51H96NO7+. The van der Waals surface area contributed by atoms with Gasteiger partial charge in [-0.25, -0.2) is 4.79 Å². The molecule has 0 aromatic rings. The number of carboxylic acids is 1. The Morgan fingerprint density at radius 1 is 0.525 bits per heavy atom. The second-order valence-corrected chi connectivity index (χ2v) is 18.1. The summed E-state index contributed by atoms with van der Waals surface area (Å²) in [6.07, 6.45) is 47.9. The summed E-state index contributed by atoms with van der Waals surface area (Å²) >= 11 is 0. The number of quaternary nitrogens is 1. The molecule has 1 N–H and O–H groups in total. The molecule has 0 fully saturated rings. The molecule has 8 heteroatoms. The maximum atomic E-state index is 12.8. The van der Waals surface area contributed by atoms with Crippen LogP contribution in [0.5, 0.6) is 0 Å². The molecule has 0 aromatic heterocycles. The minimum atomic E-state index is -0.872. The third-order valence-electron chi connectivity index (χ3n) is 11.4. The van der Waals surface area contributed by atoms with Crippen LogP contribution < -0.4 is 0 Å². The Balaban J connectivity index is 4.20. The highest BCUT2D eigenvalue weighted by atomic mass is 16.6. The topological polar surface area (TPSA) is 99.1 Å². The lowest BCUT2D eigenvalue weighted by molar-refractivity contribution is -0.887. The standard InChI is InChI=1S/C51H95NO7/c1-6-8-10-12-14-16-18-20-22-23-24-25-26-27-28-30-32-34-36-38-40-42-50(54)59-47(45-57-44-43-48(51(55)56)52(3,4)5)46-58-49(53)41-39-37-35-33-31-29-21-19-17-15-13-11-9-7-2/h8,10,14,16,47-48H,6-7,9,11-13,15,17-46H2,1-5H3/p+1/b10-8+,16-14+. The summed E-state index contributed by atoms with van der Waals surface area (Å²) in [7, 11) is 5.54. The van der Waals surface area contributed by atoms with Gasteiger partial charge in [0.15, 0.2) is 12.1 Å². The molecule has 0 bridgehead atoms. The van der Waals surface area contributed by atoms with Gasteiger partial charge in [0.25, 0.3) is 0 Å². The molecule has 0 aliphatic heterocycles. The largest absolute Gasteiger partial charge is 0.477 e. The number of nitrogens with zero attached hydrogens (tertiary/aromatic N) is 1. The maximum absolute atomic E-state index is 12.8. The third-order valence-corrected chi connectivity index (χ3v) is 11.4. The molecule has 0 aliphatic carbocycles. The van der Waals surface area contributed by atoms with E-state index in [0.717, 1.165) is 51.4 Å². The van der Waals surface area contributed by atoms with Gasteiger partial charge in [-0.1, -0.05) is 199 Å². The van der Waals surface area contributed by atoms with Crippen molar-refractivity contribution in [3.8, 4) is 0 Å². The van der Waals surface area contributed by atoms with Gasteiger partial charge in [-0.15, -0.1) is 0 Å². The second kappa shape index (κ2) is 42.5. The van der Waals surface area contributed by atoms with Crippen molar-refractivity contribution in [1.82, 2.24) is 0 Å². The van der Waals surface area contributed by atoms with E-state index in [1.165, 1.54) is 148 Å². The van der Waals surface area contributed by atoms with Crippen LogP contribution in [0.3, 0.4) is 0 Å². The number of carbonyl (C=O) groups excluding carboxylic acids is 2. The van der Waals surface area contributed by atoms with E-state index in [4.69, 9.17) is 14.2 Å². The lowest BCUT2D eigenvalue weighted by Crippen LogP contribution is -2.50. The molecule has 8 nitrogen and oxygen atoms in total. The monoisotopic (exact) mass is 835 g/mol. The summed E-state index contributed by atoms with van der Waals surface area (Å²) in [6.45, 7) is 4.67. The molecule has 0 saturated carbocycles. The highest BCUT2D eigenvalue weighted by molar-refractivity contribution is 5.72. The molecule has 0 heterocycles. The smallest absolute Gasteiger partial charge is 0.362 e. The highest BCUT2D eigenvalue weighted by Crippen LogP contribution is 2.16. The molecular weight excluding hydrogens is 739 g/mol. The molecule has 346 valence electrons. The molecule has 59 heavy (non-hydrogen) atoms. The van der Waals surface area contributed by atoms with Crippen LogP contribution in [-0.2, 0) is 28.6 Å².